The predicted molar refractivity (Wildman–Crippen MR) is 91.6 cm³/mol. The second-order valence-electron chi connectivity index (χ2n) is 5.33. The number of amides is 1. The Morgan fingerprint density at radius 2 is 1.96 bits per heavy atom. The van der Waals surface area contributed by atoms with Gasteiger partial charge < -0.3 is 15.4 Å². The van der Waals surface area contributed by atoms with Crippen LogP contribution in [0.15, 0.2) is 18.2 Å². The van der Waals surface area contributed by atoms with Crippen LogP contribution in [-0.2, 0) is 4.79 Å². The number of hydrogen-bond acceptors (Lipinski definition) is 4. The fourth-order valence-corrected chi connectivity index (χ4v) is 2.27. The molecule has 0 bridgehead atoms. The highest BCUT2D eigenvalue weighted by atomic mass is 35.5. The Morgan fingerprint density at radius 1 is 1.30 bits per heavy atom. The smallest absolute Gasteiger partial charge is 0.426 e. The SMILES string of the molecule is [2H]C([2H])(C(C)C)[C@H](NC(=O)CCC(=O)c1cc(Cl)ccc1Cl)B(O)O. The van der Waals surface area contributed by atoms with Crippen molar-refractivity contribution in [1.82, 2.24) is 5.32 Å². The minimum absolute atomic E-state index is 0.176. The van der Waals surface area contributed by atoms with E-state index in [9.17, 15) is 19.6 Å². The molecule has 0 spiro atoms. The molecule has 8 heteroatoms. The van der Waals surface area contributed by atoms with Crippen LogP contribution in [0.4, 0.5) is 0 Å². The molecule has 5 nitrogen and oxygen atoms in total. The van der Waals surface area contributed by atoms with E-state index in [2.05, 4.69) is 5.32 Å². The van der Waals surface area contributed by atoms with Gasteiger partial charge in [-0.1, -0.05) is 37.0 Å². The van der Waals surface area contributed by atoms with Gasteiger partial charge >= 0.3 is 7.12 Å². The molecule has 0 fully saturated rings. The summed E-state index contributed by atoms with van der Waals surface area (Å²) in [5.41, 5.74) is 0.193. The zero-order valence-corrected chi connectivity index (χ0v) is 14.4. The number of halogens is 2. The van der Waals surface area contributed by atoms with Gasteiger partial charge in [0, 0.05) is 26.2 Å². The van der Waals surface area contributed by atoms with Crippen molar-refractivity contribution in [3.63, 3.8) is 0 Å². The lowest BCUT2D eigenvalue weighted by molar-refractivity contribution is -0.121. The van der Waals surface area contributed by atoms with E-state index in [1.807, 2.05) is 0 Å². The highest BCUT2D eigenvalue weighted by Crippen LogP contribution is 2.22. The molecule has 0 aliphatic heterocycles. The maximum Gasteiger partial charge on any atom is 0.475 e. The number of carbonyl (C=O) groups is 2. The van der Waals surface area contributed by atoms with Crippen molar-refractivity contribution in [1.29, 1.82) is 0 Å². The van der Waals surface area contributed by atoms with Crippen LogP contribution < -0.4 is 5.32 Å². The number of nitrogens with one attached hydrogen (secondary N) is 1. The van der Waals surface area contributed by atoms with Crippen LogP contribution in [0.25, 0.3) is 0 Å². The summed E-state index contributed by atoms with van der Waals surface area (Å²) in [6.07, 6.45) is -2.46. The molecule has 0 unspecified atom stereocenters. The van der Waals surface area contributed by atoms with E-state index in [1.165, 1.54) is 18.2 Å². The van der Waals surface area contributed by atoms with Gasteiger partial charge in [0.05, 0.1) is 11.0 Å². The van der Waals surface area contributed by atoms with E-state index in [4.69, 9.17) is 25.9 Å². The van der Waals surface area contributed by atoms with Crippen molar-refractivity contribution in [2.45, 2.75) is 39.0 Å². The molecule has 126 valence electrons. The molecule has 1 aromatic rings. The third-order valence-electron chi connectivity index (χ3n) is 2.94. The second-order valence-corrected chi connectivity index (χ2v) is 6.17. The van der Waals surface area contributed by atoms with Gasteiger partial charge in [-0.2, -0.15) is 0 Å². The van der Waals surface area contributed by atoms with E-state index in [0.717, 1.165) is 0 Å². The minimum Gasteiger partial charge on any atom is -0.426 e. The first-order chi connectivity index (χ1) is 11.5. The molecule has 0 radical (unpaired) electrons. The molecule has 1 amide bonds. The standard InChI is InChI=1S/C15H20BCl2NO4/c1-9(2)7-14(16(22)23)19-15(21)6-5-13(20)11-8-10(17)3-4-12(11)18/h3-4,8-9,14,22-23H,5-7H2,1-2H3,(H,19,21)/t14-/m0/s1/i7D2. The summed E-state index contributed by atoms with van der Waals surface area (Å²) in [6, 6.07) is 4.42. The van der Waals surface area contributed by atoms with Crippen LogP contribution in [0.1, 0.15) is 46.2 Å². The lowest BCUT2D eigenvalue weighted by Gasteiger charge is -2.19. The van der Waals surface area contributed by atoms with Gasteiger partial charge in [-0.3, -0.25) is 9.59 Å². The fraction of sp³-hybridized carbons (Fsp3) is 0.467. The molecule has 0 aliphatic rings. The zero-order valence-electron chi connectivity index (χ0n) is 14.8. The third kappa shape index (κ3) is 6.91. The summed E-state index contributed by atoms with van der Waals surface area (Å²) < 4.78 is 15.8. The Bertz CT molecular complexity index is 644. The van der Waals surface area contributed by atoms with Gasteiger partial charge in [-0.25, -0.2) is 0 Å². The minimum atomic E-state index is -2.07. The van der Waals surface area contributed by atoms with Crippen molar-refractivity contribution < 1.29 is 22.4 Å². The van der Waals surface area contributed by atoms with Crippen LogP contribution in [0.3, 0.4) is 0 Å². The molecule has 1 atom stereocenters. The van der Waals surface area contributed by atoms with Gasteiger partial charge in [-0.15, -0.1) is 0 Å². The summed E-state index contributed by atoms with van der Waals surface area (Å²) in [4.78, 5) is 24.2. The molecule has 1 rings (SSSR count). The Kier molecular flexibility index (Phi) is 6.76. The Morgan fingerprint density at radius 3 is 2.52 bits per heavy atom. The van der Waals surface area contributed by atoms with Gasteiger partial charge in [0.15, 0.2) is 5.78 Å². The maximum atomic E-state index is 12.2. The first-order valence-electron chi connectivity index (χ1n) is 8.10. The predicted octanol–water partition coefficient (Wildman–Crippen LogP) is 2.50. The summed E-state index contributed by atoms with van der Waals surface area (Å²) >= 11 is 11.8. The molecule has 23 heavy (non-hydrogen) atoms. The molecule has 0 aliphatic carbocycles. The topological polar surface area (TPSA) is 86.6 Å². The van der Waals surface area contributed by atoms with Crippen molar-refractivity contribution in [3.05, 3.63) is 33.8 Å². The maximum absolute atomic E-state index is 12.2. The number of ketones is 1. The van der Waals surface area contributed by atoms with Gasteiger partial charge in [0.25, 0.3) is 0 Å². The van der Waals surface area contributed by atoms with E-state index in [0.29, 0.717) is 5.02 Å². The Labute approximate surface area is 148 Å². The number of carbonyl (C=O) groups excluding carboxylic acids is 2. The monoisotopic (exact) mass is 361 g/mol. The molecule has 3 N–H and O–H groups in total. The molecule has 0 aromatic heterocycles. The highest BCUT2D eigenvalue weighted by Gasteiger charge is 2.26. The lowest BCUT2D eigenvalue weighted by atomic mass is 9.75. The van der Waals surface area contributed by atoms with Crippen molar-refractivity contribution in [2.24, 2.45) is 5.92 Å². The molecular weight excluding hydrogens is 340 g/mol. The average Bonchev–Trinajstić information content (AvgIpc) is 2.51. The summed E-state index contributed by atoms with van der Waals surface area (Å²) in [6.45, 7) is 3.12. The fourth-order valence-electron chi connectivity index (χ4n) is 1.88. The van der Waals surface area contributed by atoms with Gasteiger partial charge in [0.1, 0.15) is 0 Å². The van der Waals surface area contributed by atoms with Crippen LogP contribution in [0.5, 0.6) is 0 Å². The summed E-state index contributed by atoms with van der Waals surface area (Å²) in [5, 5.41) is 21.5. The molecular formula is C15H20BCl2NO4. The van der Waals surface area contributed by atoms with E-state index < -0.39 is 37.0 Å². The molecule has 1 aromatic carbocycles. The zero-order chi connectivity index (χ0) is 19.4. The summed E-state index contributed by atoms with van der Waals surface area (Å²) in [5.74, 6) is -3.14. The summed E-state index contributed by atoms with van der Waals surface area (Å²) in [7, 11) is -2.07. The van der Waals surface area contributed by atoms with Crippen molar-refractivity contribution in [2.75, 3.05) is 0 Å². The number of rotatable bonds is 8. The van der Waals surface area contributed by atoms with E-state index >= 15 is 0 Å². The van der Waals surface area contributed by atoms with Crippen LogP contribution in [0, 0.1) is 5.92 Å². The molecule has 0 heterocycles. The first-order valence-corrected chi connectivity index (χ1v) is 7.86. The van der Waals surface area contributed by atoms with Crippen LogP contribution >= 0.6 is 23.2 Å². The largest absolute Gasteiger partial charge is 0.475 e. The molecule has 0 saturated heterocycles. The van der Waals surface area contributed by atoms with Crippen LogP contribution in [0.2, 0.25) is 10.0 Å². The Hall–Kier alpha value is -1.08. The average molecular weight is 362 g/mol. The van der Waals surface area contributed by atoms with Crippen molar-refractivity contribution in [3.8, 4) is 0 Å². The quantitative estimate of drug-likeness (QED) is 0.490. The van der Waals surface area contributed by atoms with Gasteiger partial charge in [0.2, 0.25) is 5.91 Å². The third-order valence-corrected chi connectivity index (χ3v) is 3.50. The van der Waals surface area contributed by atoms with Crippen molar-refractivity contribution >= 4 is 42.0 Å². The number of benzene rings is 1. The number of hydrogen-bond donors (Lipinski definition) is 3. The van der Waals surface area contributed by atoms with Gasteiger partial charge in [-0.05, 0) is 30.5 Å². The van der Waals surface area contributed by atoms with E-state index in [-0.39, 0.29) is 23.4 Å². The molecule has 0 saturated carbocycles. The highest BCUT2D eigenvalue weighted by molar-refractivity contribution is 6.43. The first kappa shape index (κ1) is 16.8. The normalized spacial score (nSPS) is 14.0. The van der Waals surface area contributed by atoms with E-state index in [1.54, 1.807) is 13.8 Å². The number of Topliss-reactive ketones (excluding diaryl/α,β-unsaturated/α-hetero) is 1. The van der Waals surface area contributed by atoms with Crippen LogP contribution in [-0.4, -0.2) is 34.8 Å². The lowest BCUT2D eigenvalue weighted by Crippen LogP contribution is -2.47. The second kappa shape index (κ2) is 9.28. The Balaban J connectivity index is 2.72.